The predicted octanol–water partition coefficient (Wildman–Crippen LogP) is 5.74. The van der Waals surface area contributed by atoms with Crippen LogP contribution in [-0.2, 0) is 14.3 Å². The van der Waals surface area contributed by atoms with Gasteiger partial charge in [-0.15, -0.1) is 0 Å². The summed E-state index contributed by atoms with van der Waals surface area (Å²) in [7, 11) is 1.53. The molecule has 0 aromatic heterocycles. The third kappa shape index (κ3) is 7.12. The highest BCUT2D eigenvalue weighted by molar-refractivity contribution is 6.42. The lowest BCUT2D eigenvalue weighted by atomic mass is 9.93. The number of amides is 3. The smallest absolute Gasteiger partial charge is 0.409 e. The molecule has 0 spiro atoms. The van der Waals surface area contributed by atoms with Crippen LogP contribution in [0.4, 0.5) is 18.0 Å². The van der Waals surface area contributed by atoms with E-state index in [0.717, 1.165) is 18.4 Å². The maximum absolute atomic E-state index is 13.6. The van der Waals surface area contributed by atoms with Gasteiger partial charge in [0.1, 0.15) is 0 Å². The van der Waals surface area contributed by atoms with Crippen LogP contribution >= 0.6 is 23.2 Å². The summed E-state index contributed by atoms with van der Waals surface area (Å²) >= 11 is 12.4. The SMILES string of the molecule is CN(C(=O)OCCCC(F)(F)F)C1CN(C(=O)C2CCN(C(=O)C3(C)CC3)CC2)CC1c1ccc(Cl)c(Cl)c1. The Bertz CT molecular complexity index is 1090. The van der Waals surface area contributed by atoms with E-state index in [0.29, 0.717) is 42.5 Å². The zero-order valence-electron chi connectivity index (χ0n) is 22.1. The lowest BCUT2D eigenvalue weighted by Crippen LogP contribution is -2.46. The first-order valence-electron chi connectivity index (χ1n) is 13.3. The van der Waals surface area contributed by atoms with Crippen LogP contribution < -0.4 is 0 Å². The van der Waals surface area contributed by atoms with E-state index in [1.165, 1.54) is 11.9 Å². The predicted molar refractivity (Wildman–Crippen MR) is 141 cm³/mol. The van der Waals surface area contributed by atoms with Gasteiger partial charge in [-0.1, -0.05) is 36.2 Å². The van der Waals surface area contributed by atoms with Crippen molar-refractivity contribution >= 4 is 41.1 Å². The number of carbonyl (C=O) groups excluding carboxylic acids is 3. The highest BCUT2D eigenvalue weighted by Crippen LogP contribution is 2.47. The van der Waals surface area contributed by atoms with Crippen molar-refractivity contribution in [1.29, 1.82) is 0 Å². The summed E-state index contributed by atoms with van der Waals surface area (Å²) in [6, 6.07) is 4.69. The Labute approximate surface area is 236 Å². The second-order valence-corrected chi connectivity index (χ2v) is 12.0. The first kappa shape index (κ1) is 29.8. The van der Waals surface area contributed by atoms with Crippen LogP contribution in [0.3, 0.4) is 0 Å². The average Bonchev–Trinajstić information content (AvgIpc) is 3.49. The number of benzene rings is 1. The molecule has 0 N–H and O–H groups in total. The minimum Gasteiger partial charge on any atom is -0.449 e. The third-order valence-electron chi connectivity index (χ3n) is 8.24. The van der Waals surface area contributed by atoms with Crippen molar-refractivity contribution in [3.8, 4) is 0 Å². The van der Waals surface area contributed by atoms with Gasteiger partial charge in [-0.05, 0) is 49.8 Å². The van der Waals surface area contributed by atoms with E-state index in [2.05, 4.69) is 0 Å². The highest BCUT2D eigenvalue weighted by Gasteiger charge is 2.48. The summed E-state index contributed by atoms with van der Waals surface area (Å²) < 4.78 is 42.4. The van der Waals surface area contributed by atoms with E-state index in [4.69, 9.17) is 27.9 Å². The number of rotatable bonds is 7. The molecule has 1 aromatic carbocycles. The monoisotopic (exact) mass is 591 g/mol. The van der Waals surface area contributed by atoms with Crippen LogP contribution in [0, 0.1) is 11.3 Å². The summed E-state index contributed by atoms with van der Waals surface area (Å²) in [5.74, 6) is -0.384. The summed E-state index contributed by atoms with van der Waals surface area (Å²) in [6.45, 7) is 3.30. The van der Waals surface area contributed by atoms with Gasteiger partial charge >= 0.3 is 12.3 Å². The molecular weight excluding hydrogens is 558 g/mol. The lowest BCUT2D eigenvalue weighted by molar-refractivity contribution is -0.142. The first-order valence-corrected chi connectivity index (χ1v) is 14.0. The Morgan fingerprint density at radius 3 is 2.33 bits per heavy atom. The number of likely N-dealkylation sites (N-methyl/N-ethyl adjacent to an activating group) is 1. The summed E-state index contributed by atoms with van der Waals surface area (Å²) in [5.41, 5.74) is 0.553. The largest absolute Gasteiger partial charge is 0.449 e. The van der Waals surface area contributed by atoms with Gasteiger partial charge in [0, 0.05) is 56.9 Å². The Balaban J connectivity index is 1.42. The highest BCUT2D eigenvalue weighted by atomic mass is 35.5. The number of piperidine rings is 1. The standard InChI is InChI=1S/C27H34Cl2F3N3O4/c1-26(9-10-26)24(37)34-11-6-17(7-12-34)23(36)35-15-19(18-4-5-20(28)21(29)14-18)22(16-35)33(2)25(38)39-13-3-8-27(30,31)32/h4-5,14,17,19,22H,3,6-13,15-16H2,1-2H3. The first-order chi connectivity index (χ1) is 18.3. The zero-order valence-corrected chi connectivity index (χ0v) is 23.6. The van der Waals surface area contributed by atoms with Crippen molar-refractivity contribution in [3.05, 3.63) is 33.8 Å². The summed E-state index contributed by atoms with van der Waals surface area (Å²) in [6.07, 6.45) is -3.44. The summed E-state index contributed by atoms with van der Waals surface area (Å²) in [5, 5.41) is 0.721. The van der Waals surface area contributed by atoms with Gasteiger partial charge in [-0.2, -0.15) is 13.2 Å². The molecule has 3 amide bonds. The van der Waals surface area contributed by atoms with Gasteiger partial charge < -0.3 is 19.4 Å². The molecule has 1 aromatic rings. The van der Waals surface area contributed by atoms with Crippen molar-refractivity contribution < 1.29 is 32.3 Å². The van der Waals surface area contributed by atoms with Gasteiger partial charge in [0.2, 0.25) is 11.8 Å². The molecule has 1 saturated carbocycles. The molecule has 2 heterocycles. The Hall–Kier alpha value is -2.20. The normalized spacial score (nSPS) is 23.1. The van der Waals surface area contributed by atoms with Crippen LogP contribution in [0.5, 0.6) is 0 Å². The van der Waals surface area contributed by atoms with E-state index in [9.17, 15) is 27.6 Å². The fraction of sp³-hybridized carbons (Fsp3) is 0.667. The zero-order chi connectivity index (χ0) is 28.5. The topological polar surface area (TPSA) is 70.2 Å². The molecule has 39 heavy (non-hydrogen) atoms. The summed E-state index contributed by atoms with van der Waals surface area (Å²) in [4.78, 5) is 44.0. The van der Waals surface area contributed by atoms with Crippen LogP contribution in [0.1, 0.15) is 56.9 Å². The number of hydrogen-bond donors (Lipinski definition) is 0. The lowest BCUT2D eigenvalue weighted by Gasteiger charge is -2.34. The van der Waals surface area contributed by atoms with Crippen molar-refractivity contribution in [1.82, 2.24) is 14.7 Å². The number of nitrogens with zero attached hydrogens (tertiary/aromatic N) is 3. The molecule has 0 radical (unpaired) electrons. The van der Waals surface area contributed by atoms with Gasteiger partial charge in [0.25, 0.3) is 0 Å². The number of carbonyl (C=O) groups is 3. The van der Waals surface area contributed by atoms with Crippen LogP contribution in [0.2, 0.25) is 10.0 Å². The van der Waals surface area contributed by atoms with Crippen LogP contribution in [-0.4, -0.2) is 84.7 Å². The van der Waals surface area contributed by atoms with E-state index >= 15 is 0 Å². The molecule has 2 saturated heterocycles. The van der Waals surface area contributed by atoms with E-state index in [1.807, 2.05) is 11.8 Å². The molecule has 2 aliphatic heterocycles. The number of hydrogen-bond acceptors (Lipinski definition) is 4. The van der Waals surface area contributed by atoms with Gasteiger partial charge in [0.05, 0.1) is 22.7 Å². The molecule has 0 bridgehead atoms. The molecular formula is C27H34Cl2F3N3O4. The number of ether oxygens (including phenoxy) is 1. The van der Waals surface area contributed by atoms with Crippen LogP contribution in [0.15, 0.2) is 18.2 Å². The Kier molecular flexibility index (Phi) is 8.95. The molecule has 1 aliphatic carbocycles. The van der Waals surface area contributed by atoms with E-state index in [-0.39, 0.29) is 48.6 Å². The average molecular weight is 592 g/mol. The molecule has 3 fully saturated rings. The van der Waals surface area contributed by atoms with Crippen molar-refractivity contribution in [2.24, 2.45) is 11.3 Å². The van der Waals surface area contributed by atoms with Crippen LogP contribution in [0.25, 0.3) is 0 Å². The number of likely N-dealkylation sites (tertiary alicyclic amines) is 2. The van der Waals surface area contributed by atoms with Gasteiger partial charge in [-0.25, -0.2) is 4.79 Å². The Morgan fingerprint density at radius 1 is 1.08 bits per heavy atom. The Morgan fingerprint density at radius 2 is 1.74 bits per heavy atom. The van der Waals surface area contributed by atoms with Crippen molar-refractivity contribution in [3.63, 3.8) is 0 Å². The molecule has 3 aliphatic rings. The minimum absolute atomic E-state index is 0.0285. The molecule has 216 valence electrons. The molecule has 4 rings (SSSR count). The van der Waals surface area contributed by atoms with E-state index in [1.54, 1.807) is 23.1 Å². The fourth-order valence-electron chi connectivity index (χ4n) is 5.47. The molecule has 12 heteroatoms. The maximum Gasteiger partial charge on any atom is 0.409 e. The molecule has 2 atom stereocenters. The maximum atomic E-state index is 13.6. The fourth-order valence-corrected chi connectivity index (χ4v) is 5.78. The second-order valence-electron chi connectivity index (χ2n) is 11.2. The minimum atomic E-state index is -4.32. The van der Waals surface area contributed by atoms with Gasteiger partial charge in [0.15, 0.2) is 0 Å². The van der Waals surface area contributed by atoms with Crippen molar-refractivity contribution in [2.45, 2.75) is 63.6 Å². The molecule has 2 unspecified atom stereocenters. The van der Waals surface area contributed by atoms with Crippen molar-refractivity contribution in [2.75, 3.05) is 39.8 Å². The second kappa shape index (κ2) is 11.7. The third-order valence-corrected chi connectivity index (χ3v) is 8.97. The molecule has 7 nitrogen and oxygen atoms in total. The van der Waals surface area contributed by atoms with Gasteiger partial charge in [-0.3, -0.25) is 9.59 Å². The van der Waals surface area contributed by atoms with E-state index < -0.39 is 24.7 Å². The quantitative estimate of drug-likeness (QED) is 0.379. The number of alkyl halides is 3. The number of halogens is 5.